The molecule has 4 nitrogen and oxygen atoms in total. The maximum absolute atomic E-state index is 11.6. The molecule has 0 amide bonds. The minimum atomic E-state index is -2.98. The van der Waals surface area contributed by atoms with Gasteiger partial charge in [0.05, 0.1) is 17.0 Å². The first-order valence-corrected chi connectivity index (χ1v) is 8.14. The van der Waals surface area contributed by atoms with Crippen LogP contribution in [-0.4, -0.2) is 30.9 Å². The summed E-state index contributed by atoms with van der Waals surface area (Å²) in [6, 6.07) is 9.58. The van der Waals surface area contributed by atoms with Crippen molar-refractivity contribution in [3.63, 3.8) is 0 Å². The van der Waals surface area contributed by atoms with Crippen molar-refractivity contribution in [1.29, 1.82) is 0 Å². The van der Waals surface area contributed by atoms with Crippen LogP contribution in [0.15, 0.2) is 36.5 Å². The number of hydrogen-bond acceptors (Lipinski definition) is 4. The highest BCUT2D eigenvalue weighted by molar-refractivity contribution is 7.91. The van der Waals surface area contributed by atoms with Gasteiger partial charge in [-0.05, 0) is 19.1 Å². The molecule has 19 heavy (non-hydrogen) atoms. The second-order valence-electron chi connectivity index (χ2n) is 4.62. The van der Waals surface area contributed by atoms with Gasteiger partial charge in [0.2, 0.25) is 0 Å². The van der Waals surface area contributed by atoms with Gasteiger partial charge in [-0.2, -0.15) is 0 Å². The fourth-order valence-electron chi connectivity index (χ4n) is 2.03. The summed E-state index contributed by atoms with van der Waals surface area (Å²) in [5.74, 6) is 0.305. The summed E-state index contributed by atoms with van der Waals surface area (Å²) in [4.78, 5) is 4.34. The molecule has 2 rings (SSSR count). The molecule has 0 aliphatic heterocycles. The average Bonchev–Trinajstić information content (AvgIpc) is 2.38. The van der Waals surface area contributed by atoms with Gasteiger partial charge in [-0.25, -0.2) is 8.42 Å². The summed E-state index contributed by atoms with van der Waals surface area (Å²) in [6.07, 6.45) is 1.74. The number of benzene rings is 1. The first kappa shape index (κ1) is 13.8. The fourth-order valence-corrected chi connectivity index (χ4v) is 3.11. The van der Waals surface area contributed by atoms with Gasteiger partial charge in [0.15, 0.2) is 9.84 Å². The Morgan fingerprint density at radius 2 is 2.00 bits per heavy atom. The zero-order chi connectivity index (χ0) is 13.9. The van der Waals surface area contributed by atoms with Crippen molar-refractivity contribution in [3.8, 4) is 0 Å². The Balaban J connectivity index is 2.22. The third-order valence-corrected chi connectivity index (χ3v) is 4.87. The Kier molecular flexibility index (Phi) is 4.04. The summed E-state index contributed by atoms with van der Waals surface area (Å²) in [6.45, 7) is 3.54. The molecule has 1 aromatic carbocycles. The van der Waals surface area contributed by atoms with Crippen molar-refractivity contribution in [2.75, 3.05) is 16.8 Å². The Labute approximate surface area is 113 Å². The molecular formula is C14H18N2O2S. The first-order chi connectivity index (χ1) is 9.02. The van der Waals surface area contributed by atoms with Crippen LogP contribution in [-0.2, 0) is 9.84 Å². The van der Waals surface area contributed by atoms with Crippen LogP contribution in [0.1, 0.15) is 13.8 Å². The molecule has 5 heteroatoms. The standard InChI is InChI=1S/C14H18N2O2S/c1-3-19(17,18)10-11(2)16-13-8-4-6-12-7-5-9-15-14(12)13/h4-9,11,16H,3,10H2,1-2H3. The van der Waals surface area contributed by atoms with Crippen molar-refractivity contribution in [1.82, 2.24) is 4.98 Å². The van der Waals surface area contributed by atoms with E-state index in [1.807, 2.05) is 37.3 Å². The molecule has 0 bridgehead atoms. The van der Waals surface area contributed by atoms with Crippen LogP contribution < -0.4 is 5.32 Å². The average molecular weight is 278 g/mol. The summed E-state index contributed by atoms with van der Waals surface area (Å²) in [7, 11) is -2.98. The molecule has 0 saturated carbocycles. The van der Waals surface area contributed by atoms with E-state index in [9.17, 15) is 8.42 Å². The number of aromatic nitrogens is 1. The van der Waals surface area contributed by atoms with Crippen LogP contribution >= 0.6 is 0 Å². The Morgan fingerprint density at radius 3 is 2.74 bits per heavy atom. The Hall–Kier alpha value is -1.62. The second kappa shape index (κ2) is 5.57. The minimum absolute atomic E-state index is 0.132. The highest BCUT2D eigenvalue weighted by Crippen LogP contribution is 2.21. The van der Waals surface area contributed by atoms with Crippen molar-refractivity contribution in [2.24, 2.45) is 0 Å². The molecule has 1 aromatic heterocycles. The molecule has 0 radical (unpaired) electrons. The van der Waals surface area contributed by atoms with Crippen molar-refractivity contribution < 1.29 is 8.42 Å². The molecule has 102 valence electrons. The van der Waals surface area contributed by atoms with E-state index in [2.05, 4.69) is 10.3 Å². The molecule has 0 aliphatic rings. The minimum Gasteiger partial charge on any atom is -0.380 e. The van der Waals surface area contributed by atoms with Gasteiger partial charge in [-0.15, -0.1) is 0 Å². The summed E-state index contributed by atoms with van der Waals surface area (Å²) in [5, 5.41) is 4.27. The number of nitrogens with one attached hydrogen (secondary N) is 1. The number of nitrogens with zero attached hydrogens (tertiary/aromatic N) is 1. The highest BCUT2D eigenvalue weighted by atomic mass is 32.2. The molecule has 0 aliphatic carbocycles. The second-order valence-corrected chi connectivity index (χ2v) is 7.02. The number of fused-ring (bicyclic) bond motifs is 1. The smallest absolute Gasteiger partial charge is 0.152 e. The number of hydrogen-bond donors (Lipinski definition) is 1. The monoisotopic (exact) mass is 278 g/mol. The first-order valence-electron chi connectivity index (χ1n) is 6.32. The zero-order valence-electron chi connectivity index (χ0n) is 11.1. The third kappa shape index (κ3) is 3.44. The highest BCUT2D eigenvalue weighted by Gasteiger charge is 2.14. The van der Waals surface area contributed by atoms with Gasteiger partial charge >= 0.3 is 0 Å². The van der Waals surface area contributed by atoms with Crippen LogP contribution in [0.4, 0.5) is 5.69 Å². The van der Waals surface area contributed by atoms with Crippen molar-refractivity contribution in [2.45, 2.75) is 19.9 Å². The number of pyridine rings is 1. The van der Waals surface area contributed by atoms with Crippen LogP contribution in [0.5, 0.6) is 0 Å². The van der Waals surface area contributed by atoms with Gasteiger partial charge in [-0.3, -0.25) is 4.98 Å². The van der Waals surface area contributed by atoms with Crippen LogP contribution in [0.2, 0.25) is 0 Å². The molecule has 0 fully saturated rings. The van der Waals surface area contributed by atoms with Gasteiger partial charge in [0, 0.05) is 23.4 Å². The van der Waals surface area contributed by atoms with Crippen molar-refractivity contribution >= 4 is 26.4 Å². The quantitative estimate of drug-likeness (QED) is 0.912. The normalized spacial score (nSPS) is 13.4. The molecule has 1 unspecified atom stereocenters. The lowest BCUT2D eigenvalue weighted by atomic mass is 10.2. The SMILES string of the molecule is CCS(=O)(=O)CC(C)Nc1cccc2cccnc12. The fraction of sp³-hybridized carbons (Fsp3) is 0.357. The number of anilines is 1. The number of rotatable bonds is 5. The van der Waals surface area contributed by atoms with E-state index in [1.54, 1.807) is 13.1 Å². The molecular weight excluding hydrogens is 260 g/mol. The lowest BCUT2D eigenvalue weighted by Gasteiger charge is -2.16. The molecule has 0 saturated heterocycles. The van der Waals surface area contributed by atoms with E-state index < -0.39 is 9.84 Å². The molecule has 1 heterocycles. The van der Waals surface area contributed by atoms with Gasteiger partial charge < -0.3 is 5.32 Å². The summed E-state index contributed by atoms with van der Waals surface area (Å²) >= 11 is 0. The number of sulfone groups is 1. The van der Waals surface area contributed by atoms with Crippen LogP contribution in [0.3, 0.4) is 0 Å². The number of para-hydroxylation sites is 1. The maximum Gasteiger partial charge on any atom is 0.152 e. The van der Waals surface area contributed by atoms with Crippen molar-refractivity contribution in [3.05, 3.63) is 36.5 Å². The van der Waals surface area contributed by atoms with Gasteiger partial charge in [0.25, 0.3) is 0 Å². The predicted molar refractivity (Wildman–Crippen MR) is 79.2 cm³/mol. The molecule has 0 spiro atoms. The van der Waals surface area contributed by atoms with Gasteiger partial charge in [0.1, 0.15) is 0 Å². The van der Waals surface area contributed by atoms with E-state index >= 15 is 0 Å². The Bertz CT molecular complexity index is 663. The maximum atomic E-state index is 11.6. The van der Waals surface area contributed by atoms with Gasteiger partial charge in [-0.1, -0.05) is 25.1 Å². The topological polar surface area (TPSA) is 59.1 Å². The van der Waals surface area contributed by atoms with E-state index in [-0.39, 0.29) is 17.5 Å². The van der Waals surface area contributed by atoms with E-state index in [0.717, 1.165) is 16.6 Å². The van der Waals surface area contributed by atoms with E-state index in [4.69, 9.17) is 0 Å². The zero-order valence-corrected chi connectivity index (χ0v) is 11.9. The Morgan fingerprint density at radius 1 is 1.26 bits per heavy atom. The summed E-state index contributed by atoms with van der Waals surface area (Å²) < 4.78 is 23.2. The van der Waals surface area contributed by atoms with E-state index in [1.165, 1.54) is 0 Å². The third-order valence-electron chi connectivity index (χ3n) is 2.98. The molecule has 1 N–H and O–H groups in total. The lowest BCUT2D eigenvalue weighted by molar-refractivity contribution is 0.593. The summed E-state index contributed by atoms with van der Waals surface area (Å²) in [5.41, 5.74) is 1.74. The van der Waals surface area contributed by atoms with E-state index in [0.29, 0.717) is 0 Å². The predicted octanol–water partition coefficient (Wildman–Crippen LogP) is 2.47. The molecule has 2 aromatic rings. The largest absolute Gasteiger partial charge is 0.380 e. The van der Waals surface area contributed by atoms with Crippen LogP contribution in [0.25, 0.3) is 10.9 Å². The van der Waals surface area contributed by atoms with Crippen LogP contribution in [0, 0.1) is 0 Å². The molecule has 1 atom stereocenters. The lowest BCUT2D eigenvalue weighted by Crippen LogP contribution is -2.26.